The molecule has 1 saturated carbocycles. The molecule has 0 aromatic rings. The van der Waals surface area contributed by atoms with Gasteiger partial charge in [-0.3, -0.25) is 4.79 Å². The first kappa shape index (κ1) is 15.0. The van der Waals surface area contributed by atoms with E-state index in [0.717, 1.165) is 6.54 Å². The smallest absolute Gasteiger partial charge is 0.240 e. The van der Waals surface area contributed by atoms with E-state index in [1.54, 1.807) is 0 Å². The van der Waals surface area contributed by atoms with Crippen LogP contribution in [0.15, 0.2) is 0 Å². The van der Waals surface area contributed by atoms with Gasteiger partial charge in [-0.05, 0) is 31.1 Å². The van der Waals surface area contributed by atoms with Gasteiger partial charge in [0.15, 0.2) is 0 Å². The van der Waals surface area contributed by atoms with E-state index in [1.165, 1.54) is 25.7 Å². The van der Waals surface area contributed by atoms with Crippen LogP contribution in [0.2, 0.25) is 0 Å². The third-order valence-electron chi connectivity index (χ3n) is 4.67. The van der Waals surface area contributed by atoms with Crippen LogP contribution < -0.4 is 5.32 Å². The normalized spacial score (nSPS) is 24.3. The summed E-state index contributed by atoms with van der Waals surface area (Å²) in [4.78, 5) is 12.2. The minimum absolute atomic E-state index is 0.0761. The van der Waals surface area contributed by atoms with Crippen LogP contribution >= 0.6 is 0 Å². The molecule has 1 N–H and O–H groups in total. The number of nitriles is 1. The van der Waals surface area contributed by atoms with Crippen molar-refractivity contribution in [2.24, 2.45) is 17.3 Å². The predicted molar refractivity (Wildman–Crippen MR) is 72.8 cm³/mol. The van der Waals surface area contributed by atoms with Gasteiger partial charge in [0, 0.05) is 6.54 Å². The fraction of sp³-hybridized carbons (Fsp3) is 0.867. The van der Waals surface area contributed by atoms with Gasteiger partial charge in [-0.15, -0.1) is 0 Å². The first-order valence-electron chi connectivity index (χ1n) is 7.29. The second-order valence-electron chi connectivity index (χ2n) is 5.63. The Morgan fingerprint density at radius 1 is 1.33 bits per heavy atom. The van der Waals surface area contributed by atoms with Crippen LogP contribution in [-0.4, -0.2) is 12.5 Å². The van der Waals surface area contributed by atoms with E-state index >= 15 is 0 Å². The van der Waals surface area contributed by atoms with E-state index in [-0.39, 0.29) is 5.91 Å². The number of nitrogens with one attached hydrogen (secondary N) is 1. The highest BCUT2D eigenvalue weighted by atomic mass is 16.2. The fourth-order valence-electron chi connectivity index (χ4n) is 2.87. The molecule has 0 bridgehead atoms. The summed E-state index contributed by atoms with van der Waals surface area (Å²) in [5, 5.41) is 12.2. The number of rotatable bonds is 5. The quantitative estimate of drug-likeness (QED) is 0.814. The molecule has 102 valence electrons. The van der Waals surface area contributed by atoms with Gasteiger partial charge < -0.3 is 5.32 Å². The lowest BCUT2D eigenvalue weighted by Gasteiger charge is -2.30. The van der Waals surface area contributed by atoms with Gasteiger partial charge in [-0.25, -0.2) is 0 Å². The third kappa shape index (κ3) is 3.25. The second-order valence-corrected chi connectivity index (χ2v) is 5.63. The maximum Gasteiger partial charge on any atom is 0.240 e. The number of hydrogen-bond acceptors (Lipinski definition) is 2. The molecule has 2 atom stereocenters. The van der Waals surface area contributed by atoms with Gasteiger partial charge in [0.2, 0.25) is 5.91 Å². The van der Waals surface area contributed by atoms with Crippen molar-refractivity contribution in [2.75, 3.05) is 6.54 Å². The zero-order chi connectivity index (χ0) is 13.6. The number of carbonyl (C=O) groups excluding carboxylic acids is 1. The lowest BCUT2D eigenvalue weighted by Crippen LogP contribution is -2.42. The Balaban J connectivity index is 2.52. The van der Waals surface area contributed by atoms with Crippen molar-refractivity contribution in [3.8, 4) is 6.07 Å². The van der Waals surface area contributed by atoms with E-state index in [4.69, 9.17) is 0 Å². The average Bonchev–Trinajstić information content (AvgIpc) is 2.40. The molecule has 0 heterocycles. The van der Waals surface area contributed by atoms with Crippen LogP contribution in [0.1, 0.15) is 59.3 Å². The van der Waals surface area contributed by atoms with Crippen LogP contribution in [0, 0.1) is 28.6 Å². The number of nitrogens with zero attached hydrogens (tertiary/aromatic N) is 1. The molecule has 0 radical (unpaired) electrons. The predicted octanol–water partition coefficient (Wildman–Crippen LogP) is 3.26. The summed E-state index contributed by atoms with van der Waals surface area (Å²) in [5.74, 6) is 1.21. The monoisotopic (exact) mass is 250 g/mol. The van der Waals surface area contributed by atoms with Gasteiger partial charge in [-0.2, -0.15) is 5.26 Å². The summed E-state index contributed by atoms with van der Waals surface area (Å²) >= 11 is 0. The van der Waals surface area contributed by atoms with Crippen molar-refractivity contribution in [2.45, 2.75) is 59.3 Å². The molecule has 1 amide bonds. The molecule has 0 aromatic carbocycles. The maximum atomic E-state index is 12.2. The Morgan fingerprint density at radius 2 is 1.94 bits per heavy atom. The topological polar surface area (TPSA) is 52.9 Å². The molecule has 0 aliphatic heterocycles. The lowest BCUT2D eigenvalue weighted by atomic mass is 9.79. The molecule has 0 saturated heterocycles. The fourth-order valence-corrected chi connectivity index (χ4v) is 2.87. The van der Waals surface area contributed by atoms with Gasteiger partial charge in [0.25, 0.3) is 0 Å². The van der Waals surface area contributed by atoms with Crippen molar-refractivity contribution in [3.05, 3.63) is 0 Å². The van der Waals surface area contributed by atoms with Crippen LogP contribution in [0.4, 0.5) is 0 Å². The number of carbonyl (C=O) groups is 1. The van der Waals surface area contributed by atoms with Gasteiger partial charge in [0.05, 0.1) is 6.07 Å². The summed E-state index contributed by atoms with van der Waals surface area (Å²) in [6.45, 7) is 6.83. The van der Waals surface area contributed by atoms with Crippen molar-refractivity contribution in [1.82, 2.24) is 5.32 Å². The van der Waals surface area contributed by atoms with E-state index in [0.29, 0.717) is 24.7 Å². The van der Waals surface area contributed by atoms with Crippen LogP contribution in [0.5, 0.6) is 0 Å². The molecule has 1 aliphatic carbocycles. The molecule has 2 unspecified atom stereocenters. The second kappa shape index (κ2) is 6.78. The highest BCUT2D eigenvalue weighted by molar-refractivity contribution is 5.85. The molecule has 1 fully saturated rings. The van der Waals surface area contributed by atoms with Crippen LogP contribution in [-0.2, 0) is 4.79 Å². The Labute approximate surface area is 111 Å². The highest BCUT2D eigenvalue weighted by Crippen LogP contribution is 2.30. The molecular formula is C15H26N2O. The minimum atomic E-state index is -0.822. The average molecular weight is 250 g/mol. The zero-order valence-electron chi connectivity index (χ0n) is 12.0. The zero-order valence-corrected chi connectivity index (χ0v) is 12.0. The van der Waals surface area contributed by atoms with Crippen molar-refractivity contribution >= 4 is 5.91 Å². The molecule has 0 aromatic heterocycles. The van der Waals surface area contributed by atoms with Crippen LogP contribution in [0.25, 0.3) is 0 Å². The summed E-state index contributed by atoms with van der Waals surface area (Å²) < 4.78 is 0. The first-order valence-corrected chi connectivity index (χ1v) is 7.29. The SMILES string of the molecule is CCC(C#N)(CC)C(=O)NCC1CCCCC1C. The molecule has 3 heteroatoms. The van der Waals surface area contributed by atoms with E-state index < -0.39 is 5.41 Å². The standard InChI is InChI=1S/C15H26N2O/c1-4-15(5-2,11-16)14(18)17-10-13-9-7-6-8-12(13)3/h12-13H,4-10H2,1-3H3,(H,17,18). The number of hydrogen-bond donors (Lipinski definition) is 1. The molecular weight excluding hydrogens is 224 g/mol. The highest BCUT2D eigenvalue weighted by Gasteiger charge is 2.35. The van der Waals surface area contributed by atoms with Crippen molar-refractivity contribution in [1.29, 1.82) is 5.26 Å². The van der Waals surface area contributed by atoms with Gasteiger partial charge in [-0.1, -0.05) is 40.0 Å². The summed E-state index contributed by atoms with van der Waals surface area (Å²) in [7, 11) is 0. The van der Waals surface area contributed by atoms with Gasteiger partial charge in [0.1, 0.15) is 5.41 Å². The van der Waals surface area contributed by atoms with Crippen LogP contribution in [0.3, 0.4) is 0 Å². The van der Waals surface area contributed by atoms with Crippen molar-refractivity contribution < 1.29 is 4.79 Å². The summed E-state index contributed by atoms with van der Waals surface area (Å²) in [6, 6.07) is 2.20. The third-order valence-corrected chi connectivity index (χ3v) is 4.67. The largest absolute Gasteiger partial charge is 0.354 e. The number of amides is 1. The summed E-state index contributed by atoms with van der Waals surface area (Å²) in [5.41, 5.74) is -0.822. The first-order chi connectivity index (χ1) is 8.59. The molecule has 1 rings (SSSR count). The molecule has 18 heavy (non-hydrogen) atoms. The molecule has 0 spiro atoms. The maximum absolute atomic E-state index is 12.2. The Morgan fingerprint density at radius 3 is 2.44 bits per heavy atom. The van der Waals surface area contributed by atoms with E-state index in [2.05, 4.69) is 18.3 Å². The van der Waals surface area contributed by atoms with E-state index in [9.17, 15) is 10.1 Å². The van der Waals surface area contributed by atoms with E-state index in [1.807, 2.05) is 13.8 Å². The van der Waals surface area contributed by atoms with Crippen molar-refractivity contribution in [3.63, 3.8) is 0 Å². The Bertz CT molecular complexity index is 315. The Hall–Kier alpha value is -1.04. The lowest BCUT2D eigenvalue weighted by molar-refractivity contribution is -0.128. The van der Waals surface area contributed by atoms with Gasteiger partial charge >= 0.3 is 0 Å². The minimum Gasteiger partial charge on any atom is -0.354 e. The molecule has 1 aliphatic rings. The summed E-state index contributed by atoms with van der Waals surface area (Å²) in [6.07, 6.45) is 6.25. The molecule has 3 nitrogen and oxygen atoms in total. The Kier molecular flexibility index (Phi) is 5.65.